The fourth-order valence-electron chi connectivity index (χ4n) is 1.54. The molecule has 6 heteroatoms. The molecule has 18 heavy (non-hydrogen) atoms. The Labute approximate surface area is 106 Å². The van der Waals surface area contributed by atoms with Crippen molar-refractivity contribution in [3.05, 3.63) is 23.5 Å². The Bertz CT molecular complexity index is 426. The molecule has 0 atom stereocenters. The number of hydrogen-bond acceptors (Lipinski definition) is 5. The van der Waals surface area contributed by atoms with Crippen LogP contribution in [0.1, 0.15) is 34.7 Å². The minimum Gasteiger partial charge on any atom is -0.462 e. The van der Waals surface area contributed by atoms with E-state index in [0.717, 1.165) is 0 Å². The quantitative estimate of drug-likeness (QED) is 0.759. The van der Waals surface area contributed by atoms with E-state index < -0.39 is 11.9 Å². The largest absolute Gasteiger partial charge is 0.462 e. The zero-order valence-electron chi connectivity index (χ0n) is 10.6. The molecule has 0 spiro atoms. The Morgan fingerprint density at radius 1 is 1.22 bits per heavy atom. The fraction of sp³-hybridized carbons (Fsp3) is 0.500. The maximum Gasteiger partial charge on any atom is 0.354 e. The van der Waals surface area contributed by atoms with Crippen LogP contribution in [-0.2, 0) is 16.0 Å². The van der Waals surface area contributed by atoms with Gasteiger partial charge < -0.3 is 19.8 Å². The number of hydrogen-bond donors (Lipinski definition) is 1. The molecule has 0 aliphatic heterocycles. The first-order valence-corrected chi connectivity index (χ1v) is 5.88. The molecule has 6 nitrogen and oxygen atoms in total. The van der Waals surface area contributed by atoms with Gasteiger partial charge in [0.25, 0.3) is 0 Å². The number of carbonyl (C=O) groups excluding carboxylic acids is 2. The van der Waals surface area contributed by atoms with Crippen molar-refractivity contribution in [3.8, 4) is 0 Å². The first kappa shape index (κ1) is 14.2. The van der Waals surface area contributed by atoms with Crippen LogP contribution >= 0.6 is 0 Å². The van der Waals surface area contributed by atoms with Crippen molar-refractivity contribution in [1.29, 1.82) is 0 Å². The van der Waals surface area contributed by atoms with Gasteiger partial charge in [-0.05, 0) is 19.9 Å². The van der Waals surface area contributed by atoms with Crippen molar-refractivity contribution >= 4 is 11.9 Å². The summed E-state index contributed by atoms with van der Waals surface area (Å²) < 4.78 is 11.4. The number of nitrogens with zero attached hydrogens (tertiary/aromatic N) is 1. The molecule has 0 saturated heterocycles. The van der Waals surface area contributed by atoms with Crippen LogP contribution in [0.3, 0.4) is 0 Å². The summed E-state index contributed by atoms with van der Waals surface area (Å²) in [6, 6.07) is 1.46. The smallest absolute Gasteiger partial charge is 0.354 e. The maximum atomic E-state index is 11.7. The molecule has 0 aromatic carbocycles. The Hall–Kier alpha value is -1.82. The van der Waals surface area contributed by atoms with Crippen molar-refractivity contribution in [3.63, 3.8) is 0 Å². The number of nitrogens with two attached hydrogens (primary N) is 1. The van der Waals surface area contributed by atoms with Gasteiger partial charge in [-0.1, -0.05) is 0 Å². The molecule has 0 radical (unpaired) electrons. The van der Waals surface area contributed by atoms with E-state index in [0.29, 0.717) is 24.3 Å². The number of rotatable bonds is 6. The summed E-state index contributed by atoms with van der Waals surface area (Å²) in [6.45, 7) is 4.81. The summed E-state index contributed by atoms with van der Waals surface area (Å²) in [7, 11) is 0. The molecule has 0 amide bonds. The van der Waals surface area contributed by atoms with Crippen molar-refractivity contribution in [2.75, 3.05) is 19.8 Å². The van der Waals surface area contributed by atoms with Gasteiger partial charge in [-0.3, -0.25) is 0 Å². The molecule has 0 bridgehead atoms. The first-order chi connectivity index (χ1) is 8.63. The average molecular weight is 254 g/mol. The summed E-state index contributed by atoms with van der Waals surface area (Å²) in [5.74, 6) is -0.930. The third kappa shape index (κ3) is 3.33. The van der Waals surface area contributed by atoms with Gasteiger partial charge in [0.2, 0.25) is 0 Å². The van der Waals surface area contributed by atoms with Gasteiger partial charge in [-0.2, -0.15) is 0 Å². The number of ether oxygens (including phenoxy) is 2. The topological polar surface area (TPSA) is 83.6 Å². The number of aromatic nitrogens is 1. The molecule has 100 valence electrons. The summed E-state index contributed by atoms with van der Waals surface area (Å²) in [4.78, 5) is 23.3. The van der Waals surface area contributed by atoms with Crippen LogP contribution < -0.4 is 5.73 Å². The van der Waals surface area contributed by atoms with E-state index in [2.05, 4.69) is 0 Å². The molecule has 2 N–H and O–H groups in total. The lowest BCUT2D eigenvalue weighted by Gasteiger charge is -2.06. The highest BCUT2D eigenvalue weighted by Crippen LogP contribution is 2.11. The number of carbonyl (C=O) groups is 2. The van der Waals surface area contributed by atoms with Crippen LogP contribution in [0.15, 0.2) is 12.3 Å². The van der Waals surface area contributed by atoms with Crippen molar-refractivity contribution < 1.29 is 19.1 Å². The van der Waals surface area contributed by atoms with Gasteiger partial charge >= 0.3 is 11.9 Å². The van der Waals surface area contributed by atoms with Gasteiger partial charge in [-0.15, -0.1) is 0 Å². The zero-order chi connectivity index (χ0) is 13.5. The van der Waals surface area contributed by atoms with Gasteiger partial charge in [-0.25, -0.2) is 9.59 Å². The molecular weight excluding hydrogens is 236 g/mol. The number of esters is 2. The highest BCUT2D eigenvalue weighted by molar-refractivity contribution is 5.95. The summed E-state index contributed by atoms with van der Waals surface area (Å²) >= 11 is 0. The Balaban J connectivity index is 3.00. The summed E-state index contributed by atoms with van der Waals surface area (Å²) in [6.07, 6.45) is 1.55. The minimum absolute atomic E-state index is 0.279. The first-order valence-electron chi connectivity index (χ1n) is 5.88. The molecule has 1 heterocycles. The second kappa shape index (κ2) is 6.80. The van der Waals surface area contributed by atoms with E-state index in [9.17, 15) is 9.59 Å². The molecule has 0 aliphatic carbocycles. The van der Waals surface area contributed by atoms with Crippen LogP contribution in [-0.4, -0.2) is 36.3 Å². The highest BCUT2D eigenvalue weighted by Gasteiger charge is 2.18. The molecule has 1 aromatic heterocycles. The fourth-order valence-corrected chi connectivity index (χ4v) is 1.54. The van der Waals surface area contributed by atoms with Crippen molar-refractivity contribution in [2.24, 2.45) is 5.73 Å². The van der Waals surface area contributed by atoms with Crippen LogP contribution in [0.2, 0.25) is 0 Å². The summed E-state index contributed by atoms with van der Waals surface area (Å²) in [5, 5.41) is 0. The van der Waals surface area contributed by atoms with E-state index in [1.54, 1.807) is 24.6 Å². The van der Waals surface area contributed by atoms with Crippen molar-refractivity contribution in [1.82, 2.24) is 4.57 Å². The molecule has 0 saturated carbocycles. The molecule has 1 rings (SSSR count). The Morgan fingerprint density at radius 2 is 1.83 bits per heavy atom. The average Bonchev–Trinajstić information content (AvgIpc) is 2.74. The van der Waals surface area contributed by atoms with Crippen LogP contribution in [0.4, 0.5) is 0 Å². The van der Waals surface area contributed by atoms with Gasteiger partial charge in [0.15, 0.2) is 0 Å². The maximum absolute atomic E-state index is 11.7. The standard InChI is InChI=1S/C12H18N2O4/c1-3-17-11(15)9-7-10(12(16)18-4-2)14(8-9)6-5-13/h7-8H,3-6,13H2,1-2H3. The van der Waals surface area contributed by atoms with E-state index in [4.69, 9.17) is 15.2 Å². The monoisotopic (exact) mass is 254 g/mol. The third-order valence-corrected chi connectivity index (χ3v) is 2.26. The Kier molecular flexibility index (Phi) is 5.38. The SMILES string of the molecule is CCOC(=O)c1cc(C(=O)OCC)n(CCN)c1. The van der Waals surface area contributed by atoms with Crippen LogP contribution in [0, 0.1) is 0 Å². The van der Waals surface area contributed by atoms with Gasteiger partial charge in [0, 0.05) is 19.3 Å². The second-order valence-electron chi connectivity index (χ2n) is 3.54. The second-order valence-corrected chi connectivity index (χ2v) is 3.54. The third-order valence-electron chi connectivity index (χ3n) is 2.26. The minimum atomic E-state index is -0.471. The zero-order valence-corrected chi connectivity index (χ0v) is 10.6. The van der Waals surface area contributed by atoms with Gasteiger partial charge in [0.05, 0.1) is 18.8 Å². The predicted molar refractivity (Wildman–Crippen MR) is 65.4 cm³/mol. The van der Waals surface area contributed by atoms with Crippen LogP contribution in [0.5, 0.6) is 0 Å². The molecule has 0 unspecified atom stereocenters. The molecule has 0 aliphatic rings. The molecule has 0 fully saturated rings. The van der Waals surface area contributed by atoms with E-state index in [1.807, 2.05) is 0 Å². The van der Waals surface area contributed by atoms with Gasteiger partial charge in [0.1, 0.15) is 5.69 Å². The Morgan fingerprint density at radius 3 is 2.39 bits per heavy atom. The normalized spacial score (nSPS) is 10.2. The van der Waals surface area contributed by atoms with E-state index in [1.165, 1.54) is 6.07 Å². The van der Waals surface area contributed by atoms with E-state index in [-0.39, 0.29) is 13.2 Å². The lowest BCUT2D eigenvalue weighted by Crippen LogP contribution is -2.16. The van der Waals surface area contributed by atoms with Crippen LogP contribution in [0.25, 0.3) is 0 Å². The predicted octanol–water partition coefficient (Wildman–Crippen LogP) is 0.800. The van der Waals surface area contributed by atoms with E-state index >= 15 is 0 Å². The van der Waals surface area contributed by atoms with Crippen molar-refractivity contribution in [2.45, 2.75) is 20.4 Å². The molecule has 1 aromatic rings. The molecular formula is C12H18N2O4. The lowest BCUT2D eigenvalue weighted by molar-refractivity contribution is 0.0512. The summed E-state index contributed by atoms with van der Waals surface area (Å²) in [5.41, 5.74) is 6.10. The lowest BCUT2D eigenvalue weighted by atomic mass is 10.3. The highest BCUT2D eigenvalue weighted by atomic mass is 16.5.